The standard InChI is InChI=1S/C25H33N5OS/c1-29-11-13-30(14-12-29)25-27-17-23(32-25)24(31)28-22(18-7-3-2-4-8-18)15-19-16-26-21-10-6-5-9-20(19)21/h5-6,9-10,16-18,22,26H,2-4,7-8,11-15H2,1H3,(H,28,31). The van der Waals surface area contributed by atoms with E-state index in [2.05, 4.69) is 62.6 Å². The van der Waals surface area contributed by atoms with Gasteiger partial charge in [0.05, 0.1) is 6.20 Å². The summed E-state index contributed by atoms with van der Waals surface area (Å²) in [6.07, 6.45) is 11.0. The van der Waals surface area contributed by atoms with Crippen molar-refractivity contribution >= 4 is 33.3 Å². The number of aromatic amines is 1. The predicted molar refractivity (Wildman–Crippen MR) is 132 cm³/mol. The number of nitrogens with one attached hydrogen (secondary N) is 2. The minimum absolute atomic E-state index is 0.0262. The van der Waals surface area contributed by atoms with Crippen LogP contribution in [-0.4, -0.2) is 60.0 Å². The predicted octanol–water partition coefficient (Wildman–Crippen LogP) is 4.30. The van der Waals surface area contributed by atoms with Gasteiger partial charge in [-0.05, 0) is 43.9 Å². The molecule has 1 saturated heterocycles. The summed E-state index contributed by atoms with van der Waals surface area (Å²) in [5, 5.41) is 5.65. The molecule has 2 aromatic heterocycles. The van der Waals surface area contributed by atoms with Crippen LogP contribution in [0.2, 0.25) is 0 Å². The van der Waals surface area contributed by atoms with Crippen LogP contribution in [0.1, 0.15) is 47.3 Å². The van der Waals surface area contributed by atoms with Crippen LogP contribution >= 0.6 is 11.3 Å². The number of likely N-dealkylation sites (N-methyl/N-ethyl adjacent to an activating group) is 1. The number of aromatic nitrogens is 2. The van der Waals surface area contributed by atoms with Crippen molar-refractivity contribution in [1.82, 2.24) is 20.2 Å². The highest BCUT2D eigenvalue weighted by molar-refractivity contribution is 7.17. The summed E-state index contributed by atoms with van der Waals surface area (Å²) in [5.41, 5.74) is 2.45. The van der Waals surface area contributed by atoms with E-state index < -0.39 is 0 Å². The molecule has 1 amide bonds. The lowest BCUT2D eigenvalue weighted by atomic mass is 9.81. The molecule has 1 atom stereocenters. The van der Waals surface area contributed by atoms with Gasteiger partial charge in [0.25, 0.3) is 5.91 Å². The topological polar surface area (TPSA) is 64.3 Å². The normalized spacial score (nSPS) is 19.3. The lowest BCUT2D eigenvalue weighted by Gasteiger charge is -2.32. The highest BCUT2D eigenvalue weighted by Gasteiger charge is 2.27. The van der Waals surface area contributed by atoms with Gasteiger partial charge in [-0.15, -0.1) is 0 Å². The summed E-state index contributed by atoms with van der Waals surface area (Å²) < 4.78 is 0. The average Bonchev–Trinajstić information content (AvgIpc) is 3.48. The number of rotatable bonds is 6. The number of hydrogen-bond donors (Lipinski definition) is 2. The minimum atomic E-state index is 0.0262. The lowest BCUT2D eigenvalue weighted by molar-refractivity contribution is 0.0917. The van der Waals surface area contributed by atoms with E-state index in [4.69, 9.17) is 0 Å². The van der Waals surface area contributed by atoms with Crippen molar-refractivity contribution in [3.8, 4) is 0 Å². The maximum atomic E-state index is 13.3. The second-order valence-corrected chi connectivity index (χ2v) is 10.3. The van der Waals surface area contributed by atoms with Crippen LogP contribution in [0.15, 0.2) is 36.7 Å². The molecule has 6 nitrogen and oxygen atoms in total. The Morgan fingerprint density at radius 2 is 1.97 bits per heavy atom. The third kappa shape index (κ3) is 4.69. The molecule has 1 aliphatic carbocycles. The van der Waals surface area contributed by atoms with E-state index in [0.717, 1.165) is 48.1 Å². The lowest BCUT2D eigenvalue weighted by Crippen LogP contribution is -2.44. The molecule has 1 aromatic carbocycles. The number of anilines is 1. The Kier molecular flexibility index (Phi) is 6.46. The first-order chi connectivity index (χ1) is 15.7. The molecule has 3 heterocycles. The molecule has 2 N–H and O–H groups in total. The monoisotopic (exact) mass is 451 g/mol. The summed E-state index contributed by atoms with van der Waals surface area (Å²) in [7, 11) is 2.15. The number of thiazole rings is 1. The van der Waals surface area contributed by atoms with Crippen molar-refractivity contribution in [2.24, 2.45) is 5.92 Å². The van der Waals surface area contributed by atoms with Gasteiger partial charge < -0.3 is 20.1 Å². The molecule has 3 aromatic rings. The number of benzene rings is 1. The maximum Gasteiger partial charge on any atom is 0.263 e. The molecule has 170 valence electrons. The molecule has 1 aliphatic heterocycles. The minimum Gasteiger partial charge on any atom is -0.361 e. The van der Waals surface area contributed by atoms with E-state index in [1.807, 2.05) is 0 Å². The van der Waals surface area contributed by atoms with E-state index in [1.54, 1.807) is 6.20 Å². The summed E-state index contributed by atoms with van der Waals surface area (Å²) in [6.45, 7) is 4.01. The molecule has 7 heteroatoms. The summed E-state index contributed by atoms with van der Waals surface area (Å²) in [5.74, 6) is 0.560. The van der Waals surface area contributed by atoms with Crippen LogP contribution in [0.4, 0.5) is 5.13 Å². The maximum absolute atomic E-state index is 13.3. The van der Waals surface area contributed by atoms with Gasteiger partial charge in [0.1, 0.15) is 4.88 Å². The Morgan fingerprint density at radius 1 is 1.19 bits per heavy atom. The highest BCUT2D eigenvalue weighted by atomic mass is 32.1. The van der Waals surface area contributed by atoms with Crippen molar-refractivity contribution in [3.63, 3.8) is 0 Å². The van der Waals surface area contributed by atoms with Crippen LogP contribution in [0, 0.1) is 5.92 Å². The first kappa shape index (κ1) is 21.5. The van der Waals surface area contributed by atoms with Gasteiger partial charge in [-0.3, -0.25) is 4.79 Å². The Hall–Kier alpha value is -2.38. The van der Waals surface area contributed by atoms with Gasteiger partial charge in [0.2, 0.25) is 0 Å². The smallest absolute Gasteiger partial charge is 0.263 e. The third-order valence-corrected chi connectivity index (χ3v) is 8.20. The fourth-order valence-electron chi connectivity index (χ4n) is 5.16. The van der Waals surface area contributed by atoms with E-state index in [-0.39, 0.29) is 11.9 Å². The van der Waals surface area contributed by atoms with Crippen molar-refractivity contribution in [3.05, 3.63) is 47.1 Å². The van der Waals surface area contributed by atoms with Crippen molar-refractivity contribution in [2.75, 3.05) is 38.1 Å². The quantitative estimate of drug-likeness (QED) is 0.587. The number of nitrogens with zero attached hydrogens (tertiary/aromatic N) is 3. The molecule has 1 unspecified atom stereocenters. The largest absolute Gasteiger partial charge is 0.361 e. The zero-order valence-electron chi connectivity index (χ0n) is 18.8. The van der Waals surface area contributed by atoms with Gasteiger partial charge in [0.15, 0.2) is 5.13 Å². The van der Waals surface area contributed by atoms with Crippen LogP contribution in [0.25, 0.3) is 10.9 Å². The number of para-hydroxylation sites is 1. The molecular weight excluding hydrogens is 418 g/mol. The Balaban J connectivity index is 1.31. The average molecular weight is 452 g/mol. The molecule has 2 aliphatic rings. The first-order valence-corrected chi connectivity index (χ1v) is 12.7. The van der Waals surface area contributed by atoms with Gasteiger partial charge >= 0.3 is 0 Å². The molecule has 5 rings (SSSR count). The first-order valence-electron chi connectivity index (χ1n) is 11.9. The van der Waals surface area contributed by atoms with E-state index >= 15 is 0 Å². The molecule has 0 radical (unpaired) electrons. The van der Waals surface area contributed by atoms with Gasteiger partial charge in [0, 0.05) is 49.3 Å². The van der Waals surface area contributed by atoms with Crippen molar-refractivity contribution < 1.29 is 4.79 Å². The number of hydrogen-bond acceptors (Lipinski definition) is 5. The Bertz CT molecular complexity index is 1050. The fraction of sp³-hybridized carbons (Fsp3) is 0.520. The number of H-pyrrole nitrogens is 1. The van der Waals surface area contributed by atoms with Crippen molar-refractivity contribution in [2.45, 2.75) is 44.6 Å². The molecule has 1 saturated carbocycles. The number of amides is 1. The van der Waals surface area contributed by atoms with Gasteiger partial charge in [-0.1, -0.05) is 48.8 Å². The number of piperazine rings is 1. The molecule has 2 fully saturated rings. The highest BCUT2D eigenvalue weighted by Crippen LogP contribution is 2.30. The summed E-state index contributed by atoms with van der Waals surface area (Å²) in [6, 6.07) is 8.59. The SMILES string of the molecule is CN1CCN(c2ncc(C(=O)NC(Cc3c[nH]c4ccccc34)C3CCCCC3)s2)CC1. The van der Waals surface area contributed by atoms with Crippen LogP contribution in [0.3, 0.4) is 0 Å². The number of carbonyl (C=O) groups is 1. The number of carbonyl (C=O) groups excluding carboxylic acids is 1. The second kappa shape index (κ2) is 9.63. The molecule has 0 bridgehead atoms. The molecule has 0 spiro atoms. The van der Waals surface area contributed by atoms with E-state index in [0.29, 0.717) is 5.92 Å². The zero-order chi connectivity index (χ0) is 21.9. The van der Waals surface area contributed by atoms with Gasteiger partial charge in [-0.25, -0.2) is 4.98 Å². The van der Waals surface area contributed by atoms with E-state index in [9.17, 15) is 4.79 Å². The van der Waals surface area contributed by atoms with Crippen LogP contribution < -0.4 is 10.2 Å². The van der Waals surface area contributed by atoms with Crippen molar-refractivity contribution in [1.29, 1.82) is 0 Å². The Labute approximate surface area is 194 Å². The number of fused-ring (bicyclic) bond motifs is 1. The third-order valence-electron chi connectivity index (χ3n) is 7.14. The molecular formula is C25H33N5OS. The van der Waals surface area contributed by atoms with Crippen LogP contribution in [-0.2, 0) is 6.42 Å². The zero-order valence-corrected chi connectivity index (χ0v) is 19.7. The second-order valence-electron chi connectivity index (χ2n) is 9.34. The Morgan fingerprint density at radius 3 is 2.78 bits per heavy atom. The van der Waals surface area contributed by atoms with Gasteiger partial charge in [-0.2, -0.15) is 0 Å². The van der Waals surface area contributed by atoms with E-state index in [1.165, 1.54) is 54.4 Å². The summed E-state index contributed by atoms with van der Waals surface area (Å²) >= 11 is 1.53. The summed E-state index contributed by atoms with van der Waals surface area (Å²) in [4.78, 5) is 26.6. The fourth-order valence-corrected chi connectivity index (χ4v) is 6.03. The van der Waals surface area contributed by atoms with Crippen LogP contribution in [0.5, 0.6) is 0 Å². The molecule has 32 heavy (non-hydrogen) atoms.